The summed E-state index contributed by atoms with van der Waals surface area (Å²) >= 11 is 0. The number of pyridine rings is 2. The van der Waals surface area contributed by atoms with E-state index in [-0.39, 0.29) is 11.6 Å². The average Bonchev–Trinajstić information content (AvgIpc) is 3.24. The van der Waals surface area contributed by atoms with Gasteiger partial charge in [-0.1, -0.05) is 140 Å². The van der Waals surface area contributed by atoms with Gasteiger partial charge in [0.15, 0.2) is 0 Å². The van der Waals surface area contributed by atoms with Crippen molar-refractivity contribution in [1.29, 1.82) is 0 Å². The zero-order chi connectivity index (χ0) is 36.4. The number of carbonyl (C=O) groups excluding carboxylic acids is 2. The topological polar surface area (TPSA) is 59.9 Å². The molecular weight excluding hydrogens is 661 g/mol. The van der Waals surface area contributed by atoms with Crippen molar-refractivity contribution in [1.82, 2.24) is 9.97 Å². The van der Waals surface area contributed by atoms with Crippen LogP contribution in [0.4, 0.5) is 0 Å². The SMILES string of the molecule is O=C1/C(=C\c2cccc(/C=C3\CCc4c(-c5ccccc5)cc(-c5ccccc5)nc4C3=O)c2)CCc2c(-c3ccccc3)cc(-c3ccccc3)nc21. The third-order valence-electron chi connectivity index (χ3n) is 10.5. The first-order valence-electron chi connectivity index (χ1n) is 18.5. The minimum Gasteiger partial charge on any atom is -0.287 e. The van der Waals surface area contributed by atoms with Crippen LogP contribution in [-0.4, -0.2) is 21.5 Å². The number of Topliss-reactive ketones (excluding diaryl/α,β-unsaturated/α-hetero) is 2. The van der Waals surface area contributed by atoms with Gasteiger partial charge in [0.1, 0.15) is 11.4 Å². The first-order valence-corrected chi connectivity index (χ1v) is 18.5. The van der Waals surface area contributed by atoms with Gasteiger partial charge < -0.3 is 0 Å². The first kappa shape index (κ1) is 33.1. The Morgan fingerprint density at radius 2 is 0.759 bits per heavy atom. The van der Waals surface area contributed by atoms with Crippen LogP contribution in [0.1, 0.15) is 56.1 Å². The summed E-state index contributed by atoms with van der Waals surface area (Å²) in [6, 6.07) is 52.9. The molecule has 0 bridgehead atoms. The van der Waals surface area contributed by atoms with Crippen molar-refractivity contribution in [3.8, 4) is 44.8 Å². The van der Waals surface area contributed by atoms with E-state index in [4.69, 9.17) is 9.97 Å². The van der Waals surface area contributed by atoms with E-state index < -0.39 is 0 Å². The van der Waals surface area contributed by atoms with Crippen LogP contribution in [0.15, 0.2) is 169 Å². The highest BCUT2D eigenvalue weighted by molar-refractivity contribution is 6.14. The van der Waals surface area contributed by atoms with E-state index in [0.29, 0.717) is 24.2 Å². The Balaban J connectivity index is 1.05. The summed E-state index contributed by atoms with van der Waals surface area (Å²) in [6.07, 6.45) is 6.67. The van der Waals surface area contributed by atoms with Gasteiger partial charge in [0.05, 0.1) is 11.4 Å². The van der Waals surface area contributed by atoms with Crippen LogP contribution < -0.4 is 0 Å². The number of rotatable bonds is 6. The number of hydrogen-bond acceptors (Lipinski definition) is 4. The quantitative estimate of drug-likeness (QED) is 0.162. The van der Waals surface area contributed by atoms with E-state index in [0.717, 1.165) is 91.0 Å². The molecule has 0 spiro atoms. The van der Waals surface area contributed by atoms with E-state index in [9.17, 15) is 9.59 Å². The van der Waals surface area contributed by atoms with Crippen molar-refractivity contribution in [3.63, 3.8) is 0 Å². The molecule has 0 N–H and O–H groups in total. The Morgan fingerprint density at radius 3 is 1.15 bits per heavy atom. The minimum absolute atomic E-state index is 0.0384. The summed E-state index contributed by atoms with van der Waals surface area (Å²) in [5, 5.41) is 0. The largest absolute Gasteiger partial charge is 0.287 e. The predicted octanol–water partition coefficient (Wildman–Crippen LogP) is 11.6. The minimum atomic E-state index is -0.0384. The van der Waals surface area contributed by atoms with E-state index in [2.05, 4.69) is 42.5 Å². The molecule has 5 aromatic carbocycles. The summed E-state index contributed by atoms with van der Waals surface area (Å²) in [5.41, 5.74) is 14.1. The fourth-order valence-corrected chi connectivity index (χ4v) is 7.76. The average molecular weight is 697 g/mol. The van der Waals surface area contributed by atoms with Gasteiger partial charge in [-0.2, -0.15) is 0 Å². The summed E-state index contributed by atoms with van der Waals surface area (Å²) in [7, 11) is 0. The van der Waals surface area contributed by atoms with Gasteiger partial charge in [0.25, 0.3) is 0 Å². The van der Waals surface area contributed by atoms with Gasteiger partial charge in [-0.15, -0.1) is 0 Å². The van der Waals surface area contributed by atoms with Gasteiger partial charge in [-0.05, 0) is 101 Å². The van der Waals surface area contributed by atoms with Gasteiger partial charge in [-0.25, -0.2) is 9.97 Å². The number of benzene rings is 5. The molecule has 0 aliphatic heterocycles. The first-order chi connectivity index (χ1) is 26.6. The van der Waals surface area contributed by atoms with Crippen molar-refractivity contribution < 1.29 is 9.59 Å². The normalized spacial score (nSPS) is 15.3. The monoisotopic (exact) mass is 696 g/mol. The molecular formula is C50H36N2O2. The summed E-state index contributed by atoms with van der Waals surface area (Å²) in [5.74, 6) is -0.0768. The highest BCUT2D eigenvalue weighted by Gasteiger charge is 2.29. The molecule has 9 rings (SSSR count). The fraction of sp³-hybridized carbons (Fsp3) is 0.0800. The number of ketones is 2. The molecule has 7 aromatic rings. The molecule has 54 heavy (non-hydrogen) atoms. The Bertz CT molecular complexity index is 2430. The Hall–Kier alpha value is -6.78. The van der Waals surface area contributed by atoms with Gasteiger partial charge in [-0.3, -0.25) is 9.59 Å². The van der Waals surface area contributed by atoms with Crippen LogP contribution in [-0.2, 0) is 12.8 Å². The highest BCUT2D eigenvalue weighted by Crippen LogP contribution is 2.38. The smallest absolute Gasteiger partial charge is 0.207 e. The van der Waals surface area contributed by atoms with Gasteiger partial charge in [0, 0.05) is 22.3 Å². The molecule has 258 valence electrons. The van der Waals surface area contributed by atoms with Crippen molar-refractivity contribution in [2.75, 3.05) is 0 Å². The maximum atomic E-state index is 14.2. The van der Waals surface area contributed by atoms with Crippen LogP contribution in [0.25, 0.3) is 56.9 Å². The van der Waals surface area contributed by atoms with E-state index in [1.165, 1.54) is 0 Å². The van der Waals surface area contributed by atoms with Crippen LogP contribution in [0, 0.1) is 0 Å². The molecule has 0 amide bonds. The van der Waals surface area contributed by atoms with Crippen LogP contribution >= 0.6 is 0 Å². The standard InChI is InChI=1S/C50H36N2O2/c53-49-39(24-26-41-43(35-16-5-1-6-17-35)31-45(51-47(41)49)37-20-9-3-10-21-37)29-33-14-13-15-34(28-33)30-40-25-27-42-44(36-18-7-2-8-19-36)32-46(52-48(42)50(40)54)38-22-11-4-12-23-38/h1-23,28-32H,24-27H2/b39-29-,40-30+. The second-order valence-electron chi connectivity index (χ2n) is 13.9. The maximum Gasteiger partial charge on any atom is 0.207 e. The number of aromatic nitrogens is 2. The van der Waals surface area contributed by atoms with Crippen LogP contribution in [0.5, 0.6) is 0 Å². The number of allylic oxidation sites excluding steroid dienone is 2. The number of nitrogens with zero attached hydrogens (tertiary/aromatic N) is 2. The maximum absolute atomic E-state index is 14.2. The number of carbonyl (C=O) groups is 2. The van der Waals surface area contributed by atoms with Crippen molar-refractivity contribution in [2.24, 2.45) is 0 Å². The summed E-state index contributed by atoms with van der Waals surface area (Å²) in [4.78, 5) is 38.4. The second kappa shape index (κ2) is 14.3. The molecule has 2 aliphatic rings. The molecule has 2 aromatic heterocycles. The van der Waals surface area contributed by atoms with Crippen molar-refractivity contribution >= 4 is 23.7 Å². The van der Waals surface area contributed by atoms with Crippen molar-refractivity contribution in [2.45, 2.75) is 25.7 Å². The zero-order valence-electron chi connectivity index (χ0n) is 29.7. The second-order valence-corrected chi connectivity index (χ2v) is 13.9. The Kier molecular flexibility index (Phi) is 8.78. The molecule has 0 atom stereocenters. The van der Waals surface area contributed by atoms with Gasteiger partial charge >= 0.3 is 0 Å². The lowest BCUT2D eigenvalue weighted by Gasteiger charge is -2.22. The zero-order valence-corrected chi connectivity index (χ0v) is 29.7. The molecule has 0 unspecified atom stereocenters. The number of fused-ring (bicyclic) bond motifs is 2. The third kappa shape index (κ3) is 6.44. The molecule has 0 saturated heterocycles. The molecule has 0 saturated carbocycles. The molecule has 0 radical (unpaired) electrons. The predicted molar refractivity (Wildman–Crippen MR) is 218 cm³/mol. The Morgan fingerprint density at radius 1 is 0.389 bits per heavy atom. The third-order valence-corrected chi connectivity index (χ3v) is 10.5. The van der Waals surface area contributed by atoms with Crippen LogP contribution in [0.3, 0.4) is 0 Å². The summed E-state index contributed by atoms with van der Waals surface area (Å²) < 4.78 is 0. The highest BCUT2D eigenvalue weighted by atomic mass is 16.1. The lowest BCUT2D eigenvalue weighted by Crippen LogP contribution is -2.18. The lowest BCUT2D eigenvalue weighted by molar-refractivity contribution is 0.101. The summed E-state index contributed by atoms with van der Waals surface area (Å²) in [6.45, 7) is 0. The fourth-order valence-electron chi connectivity index (χ4n) is 7.76. The number of hydrogen-bond donors (Lipinski definition) is 0. The van der Waals surface area contributed by atoms with E-state index in [1.54, 1.807) is 0 Å². The molecule has 4 heteroatoms. The van der Waals surface area contributed by atoms with E-state index in [1.807, 2.05) is 127 Å². The lowest BCUT2D eigenvalue weighted by atomic mass is 9.83. The molecule has 4 nitrogen and oxygen atoms in total. The van der Waals surface area contributed by atoms with Gasteiger partial charge in [0.2, 0.25) is 11.6 Å². The van der Waals surface area contributed by atoms with E-state index >= 15 is 0 Å². The molecule has 0 fully saturated rings. The van der Waals surface area contributed by atoms with Crippen LogP contribution in [0.2, 0.25) is 0 Å². The molecule has 2 aliphatic carbocycles. The molecule has 2 heterocycles. The Labute approximate surface area is 315 Å². The van der Waals surface area contributed by atoms with Crippen molar-refractivity contribution in [3.05, 3.63) is 203 Å².